The van der Waals surface area contributed by atoms with Crippen molar-refractivity contribution in [2.45, 2.75) is 6.04 Å². The summed E-state index contributed by atoms with van der Waals surface area (Å²) in [6.07, 6.45) is 0. The lowest BCUT2D eigenvalue weighted by Crippen LogP contribution is -2.16. The van der Waals surface area contributed by atoms with Crippen LogP contribution in [0.25, 0.3) is 0 Å². The Bertz CT molecular complexity index is 559. The molecule has 0 aliphatic heterocycles. The zero-order chi connectivity index (χ0) is 14.7. The quantitative estimate of drug-likeness (QED) is 0.766. The van der Waals surface area contributed by atoms with Crippen molar-refractivity contribution in [3.63, 3.8) is 0 Å². The minimum Gasteiger partial charge on any atom is -0.497 e. The molecule has 1 atom stereocenters. The summed E-state index contributed by atoms with van der Waals surface area (Å²) in [5, 5.41) is 3.34. The molecule has 3 nitrogen and oxygen atoms in total. The number of methoxy groups -OCH3 is 2. The standard InChI is InChI=1S/C14H15Br2NO2S/c1-17-13(12-7-11(15)14(16)20-12)8-4-9(18-2)6-10(5-8)19-3/h4-7,13,17H,1-3H3. The normalized spacial score (nSPS) is 12.2. The van der Waals surface area contributed by atoms with E-state index in [9.17, 15) is 0 Å². The maximum Gasteiger partial charge on any atom is 0.122 e. The molecule has 0 fully saturated rings. The van der Waals surface area contributed by atoms with E-state index in [4.69, 9.17) is 9.47 Å². The Kier molecular flexibility index (Phi) is 5.49. The molecule has 1 N–H and O–H groups in total. The molecular weight excluding hydrogens is 406 g/mol. The Balaban J connectivity index is 2.45. The van der Waals surface area contributed by atoms with Crippen LogP contribution in [0, 0.1) is 0 Å². The molecular formula is C14H15Br2NO2S. The first-order chi connectivity index (χ1) is 9.58. The van der Waals surface area contributed by atoms with Gasteiger partial charge in [-0.25, -0.2) is 0 Å². The van der Waals surface area contributed by atoms with Crippen LogP contribution in [0.5, 0.6) is 11.5 Å². The van der Waals surface area contributed by atoms with E-state index in [1.807, 2.05) is 25.2 Å². The fraction of sp³-hybridized carbons (Fsp3) is 0.286. The van der Waals surface area contributed by atoms with Gasteiger partial charge in [-0.2, -0.15) is 0 Å². The predicted octanol–water partition coefficient (Wildman–Crippen LogP) is 4.60. The molecule has 1 aromatic carbocycles. The molecule has 0 spiro atoms. The van der Waals surface area contributed by atoms with Gasteiger partial charge < -0.3 is 14.8 Å². The second-order valence-electron chi connectivity index (χ2n) is 4.14. The van der Waals surface area contributed by atoms with E-state index < -0.39 is 0 Å². The zero-order valence-corrected chi connectivity index (χ0v) is 15.4. The molecule has 2 rings (SSSR count). The molecule has 0 amide bonds. The average Bonchev–Trinajstić information content (AvgIpc) is 2.78. The molecule has 0 aliphatic rings. The van der Waals surface area contributed by atoms with Gasteiger partial charge in [-0.1, -0.05) is 0 Å². The molecule has 6 heteroatoms. The van der Waals surface area contributed by atoms with E-state index >= 15 is 0 Å². The molecule has 1 unspecified atom stereocenters. The van der Waals surface area contributed by atoms with Crippen molar-refractivity contribution in [2.24, 2.45) is 0 Å². The van der Waals surface area contributed by atoms with Crippen molar-refractivity contribution in [1.29, 1.82) is 0 Å². The minimum atomic E-state index is 0.0894. The highest BCUT2D eigenvalue weighted by Gasteiger charge is 2.18. The number of hydrogen-bond acceptors (Lipinski definition) is 4. The van der Waals surface area contributed by atoms with Crippen LogP contribution in [0.2, 0.25) is 0 Å². The van der Waals surface area contributed by atoms with E-state index in [0.717, 1.165) is 25.3 Å². The zero-order valence-electron chi connectivity index (χ0n) is 11.4. The summed E-state index contributed by atoms with van der Waals surface area (Å²) in [5.41, 5.74) is 1.10. The highest BCUT2D eigenvalue weighted by molar-refractivity contribution is 9.13. The lowest BCUT2D eigenvalue weighted by Gasteiger charge is -2.17. The van der Waals surface area contributed by atoms with Gasteiger partial charge in [-0.05, 0) is 62.7 Å². The van der Waals surface area contributed by atoms with Crippen molar-refractivity contribution in [1.82, 2.24) is 5.32 Å². The van der Waals surface area contributed by atoms with Gasteiger partial charge in [0.15, 0.2) is 0 Å². The van der Waals surface area contributed by atoms with Gasteiger partial charge in [0.05, 0.1) is 24.0 Å². The van der Waals surface area contributed by atoms with Gasteiger partial charge in [0.25, 0.3) is 0 Å². The third kappa shape index (κ3) is 3.36. The van der Waals surface area contributed by atoms with Crippen molar-refractivity contribution < 1.29 is 9.47 Å². The summed E-state index contributed by atoms with van der Waals surface area (Å²) in [4.78, 5) is 1.21. The molecule has 0 radical (unpaired) electrons. The summed E-state index contributed by atoms with van der Waals surface area (Å²) in [7, 11) is 5.26. The molecule has 1 aromatic heterocycles. The lowest BCUT2D eigenvalue weighted by atomic mass is 10.0. The van der Waals surface area contributed by atoms with Crippen LogP contribution in [0.3, 0.4) is 0 Å². The third-order valence-electron chi connectivity index (χ3n) is 2.94. The summed E-state index contributed by atoms with van der Waals surface area (Å²) in [6, 6.07) is 8.11. The highest BCUT2D eigenvalue weighted by atomic mass is 79.9. The SMILES string of the molecule is CNC(c1cc(OC)cc(OC)c1)c1cc(Br)c(Br)s1. The van der Waals surface area contributed by atoms with Crippen LogP contribution in [0.4, 0.5) is 0 Å². The summed E-state index contributed by atoms with van der Waals surface area (Å²) < 4.78 is 12.8. The van der Waals surface area contributed by atoms with E-state index in [1.54, 1.807) is 25.6 Å². The Labute approximate surface area is 139 Å². The van der Waals surface area contributed by atoms with Crippen LogP contribution in [-0.4, -0.2) is 21.3 Å². The monoisotopic (exact) mass is 419 g/mol. The van der Waals surface area contributed by atoms with Gasteiger partial charge >= 0.3 is 0 Å². The van der Waals surface area contributed by atoms with Crippen LogP contribution in [0.1, 0.15) is 16.5 Å². The van der Waals surface area contributed by atoms with Crippen LogP contribution >= 0.6 is 43.2 Å². The van der Waals surface area contributed by atoms with E-state index in [1.165, 1.54) is 4.88 Å². The fourth-order valence-electron chi connectivity index (χ4n) is 1.97. The van der Waals surface area contributed by atoms with Crippen LogP contribution in [0.15, 0.2) is 32.5 Å². The van der Waals surface area contributed by atoms with Crippen molar-refractivity contribution in [3.05, 3.63) is 43.0 Å². The number of thiophene rings is 1. The highest BCUT2D eigenvalue weighted by Crippen LogP contribution is 2.38. The number of halogens is 2. The van der Waals surface area contributed by atoms with E-state index in [0.29, 0.717) is 0 Å². The Morgan fingerprint density at radius 1 is 1.05 bits per heavy atom. The summed E-state index contributed by atoms with van der Waals surface area (Å²) in [5.74, 6) is 1.57. The van der Waals surface area contributed by atoms with Crippen LogP contribution < -0.4 is 14.8 Å². The summed E-state index contributed by atoms with van der Waals surface area (Å²) >= 11 is 8.76. The maximum atomic E-state index is 5.33. The Morgan fingerprint density at radius 2 is 1.65 bits per heavy atom. The maximum absolute atomic E-state index is 5.33. The number of nitrogens with one attached hydrogen (secondary N) is 1. The lowest BCUT2D eigenvalue weighted by molar-refractivity contribution is 0.392. The molecule has 0 aliphatic carbocycles. The largest absolute Gasteiger partial charge is 0.497 e. The molecule has 1 heterocycles. The van der Waals surface area contributed by atoms with Gasteiger partial charge in [0.2, 0.25) is 0 Å². The number of ether oxygens (including phenoxy) is 2. The van der Waals surface area contributed by atoms with Gasteiger partial charge in [0, 0.05) is 15.4 Å². The molecule has 0 saturated heterocycles. The summed E-state index contributed by atoms with van der Waals surface area (Å²) in [6.45, 7) is 0. The topological polar surface area (TPSA) is 30.5 Å². The third-order valence-corrected chi connectivity index (χ3v) is 6.27. The Morgan fingerprint density at radius 3 is 2.05 bits per heavy atom. The minimum absolute atomic E-state index is 0.0894. The molecule has 0 saturated carbocycles. The second-order valence-corrected chi connectivity index (χ2v) is 7.39. The Hall–Kier alpha value is -0.560. The first-order valence-electron chi connectivity index (χ1n) is 5.94. The average molecular weight is 421 g/mol. The van der Waals surface area contributed by atoms with Crippen molar-refractivity contribution >= 4 is 43.2 Å². The fourth-order valence-corrected chi connectivity index (χ4v) is 4.20. The molecule has 0 bridgehead atoms. The van der Waals surface area contributed by atoms with E-state index in [-0.39, 0.29) is 6.04 Å². The van der Waals surface area contributed by atoms with Crippen LogP contribution in [-0.2, 0) is 0 Å². The molecule has 2 aromatic rings. The van der Waals surface area contributed by atoms with Gasteiger partial charge in [-0.3, -0.25) is 0 Å². The first kappa shape index (κ1) is 15.8. The predicted molar refractivity (Wildman–Crippen MR) is 90.2 cm³/mol. The smallest absolute Gasteiger partial charge is 0.122 e. The number of rotatable bonds is 5. The molecule has 20 heavy (non-hydrogen) atoms. The first-order valence-corrected chi connectivity index (χ1v) is 8.34. The van der Waals surface area contributed by atoms with E-state index in [2.05, 4.69) is 43.2 Å². The number of benzene rings is 1. The van der Waals surface area contributed by atoms with Crippen molar-refractivity contribution in [2.75, 3.05) is 21.3 Å². The number of hydrogen-bond donors (Lipinski definition) is 1. The molecule has 108 valence electrons. The second kappa shape index (κ2) is 6.93. The van der Waals surface area contributed by atoms with Gasteiger partial charge in [0.1, 0.15) is 11.5 Å². The van der Waals surface area contributed by atoms with Crippen molar-refractivity contribution in [3.8, 4) is 11.5 Å². The van der Waals surface area contributed by atoms with Gasteiger partial charge in [-0.15, -0.1) is 11.3 Å².